The van der Waals surface area contributed by atoms with Crippen molar-refractivity contribution in [1.29, 1.82) is 0 Å². The van der Waals surface area contributed by atoms with Gasteiger partial charge in [0, 0.05) is 19.3 Å². The maximum atomic E-state index is 12.9. The van der Waals surface area contributed by atoms with Crippen LogP contribution in [0.2, 0.25) is 0 Å². The highest BCUT2D eigenvalue weighted by Gasteiger charge is 2.19. The zero-order valence-electron chi connectivity index (χ0n) is 45.6. The van der Waals surface area contributed by atoms with Gasteiger partial charge in [-0.25, -0.2) is 0 Å². The molecule has 0 amide bonds. The van der Waals surface area contributed by atoms with Gasteiger partial charge in [-0.3, -0.25) is 14.4 Å². The zero-order valence-corrected chi connectivity index (χ0v) is 45.6. The molecule has 0 aromatic heterocycles. The van der Waals surface area contributed by atoms with E-state index in [2.05, 4.69) is 57.2 Å². The summed E-state index contributed by atoms with van der Waals surface area (Å²) in [6.45, 7) is 6.65. The van der Waals surface area contributed by atoms with Crippen molar-refractivity contribution in [2.24, 2.45) is 0 Å². The standard InChI is InChI=1S/C62H114O6/c1-4-7-10-13-16-19-22-25-28-31-34-37-40-43-46-49-52-55-61(64)67-58-59(57-66-60(63)54-51-48-45-42-39-36-33-30-27-24-21-18-15-12-9-6-3)68-62(65)56-53-50-47-44-41-38-35-32-29-26-23-20-17-14-11-8-5-2/h21,24-25,28,30,33,59H,4-20,22-23,26-27,29,31-32,34-58H2,1-3H3/b24-21-,28-25-,33-30-. The molecule has 6 heteroatoms. The average Bonchev–Trinajstić information content (AvgIpc) is 3.34. The number of rotatable bonds is 55. The first-order valence-electron chi connectivity index (χ1n) is 30.0. The first-order valence-corrected chi connectivity index (χ1v) is 30.0. The van der Waals surface area contributed by atoms with Crippen molar-refractivity contribution in [3.05, 3.63) is 36.5 Å². The average molecular weight is 956 g/mol. The molecule has 0 aromatic carbocycles. The molecule has 6 nitrogen and oxygen atoms in total. The molecule has 0 saturated heterocycles. The SMILES string of the molecule is CCCCCC/C=C\C/C=C\CCCCCCCC(=O)OCC(COC(=O)CCCCCCCCC/C=C\CCCCCCCC)OC(=O)CCCCCCCCCCCCCCCCCCC. The van der Waals surface area contributed by atoms with Gasteiger partial charge >= 0.3 is 17.9 Å². The minimum absolute atomic E-state index is 0.0753. The molecule has 0 aromatic rings. The summed E-state index contributed by atoms with van der Waals surface area (Å²) in [5, 5.41) is 0. The van der Waals surface area contributed by atoms with Gasteiger partial charge in [-0.1, -0.05) is 263 Å². The van der Waals surface area contributed by atoms with Gasteiger partial charge in [0.05, 0.1) is 0 Å². The third-order valence-electron chi connectivity index (χ3n) is 13.4. The number of allylic oxidation sites excluding steroid dienone is 6. The van der Waals surface area contributed by atoms with Crippen LogP contribution in [0.25, 0.3) is 0 Å². The van der Waals surface area contributed by atoms with Crippen LogP contribution in [0.3, 0.4) is 0 Å². The molecule has 0 saturated carbocycles. The third-order valence-corrected chi connectivity index (χ3v) is 13.4. The van der Waals surface area contributed by atoms with Gasteiger partial charge in [0.25, 0.3) is 0 Å². The number of esters is 3. The quantitative estimate of drug-likeness (QED) is 0.0262. The van der Waals surface area contributed by atoms with E-state index >= 15 is 0 Å². The Labute approximate surface area is 423 Å². The summed E-state index contributed by atoms with van der Waals surface area (Å²) >= 11 is 0. The van der Waals surface area contributed by atoms with Crippen molar-refractivity contribution < 1.29 is 28.6 Å². The first-order chi connectivity index (χ1) is 33.5. The van der Waals surface area contributed by atoms with Gasteiger partial charge in [-0.05, 0) is 77.0 Å². The molecule has 1 atom stereocenters. The van der Waals surface area contributed by atoms with Crippen LogP contribution >= 0.6 is 0 Å². The molecule has 0 bridgehead atoms. The van der Waals surface area contributed by atoms with Gasteiger partial charge in [0.2, 0.25) is 0 Å². The van der Waals surface area contributed by atoms with E-state index in [1.807, 2.05) is 0 Å². The normalized spacial score (nSPS) is 12.2. The van der Waals surface area contributed by atoms with E-state index in [4.69, 9.17) is 14.2 Å². The smallest absolute Gasteiger partial charge is 0.306 e. The summed E-state index contributed by atoms with van der Waals surface area (Å²) in [7, 11) is 0. The third kappa shape index (κ3) is 54.6. The molecule has 68 heavy (non-hydrogen) atoms. The number of unbranched alkanes of at least 4 members (excludes halogenated alkanes) is 38. The van der Waals surface area contributed by atoms with E-state index in [-0.39, 0.29) is 31.1 Å². The predicted octanol–water partition coefficient (Wildman–Crippen LogP) is 20.0. The van der Waals surface area contributed by atoms with Crippen molar-refractivity contribution in [3.8, 4) is 0 Å². The summed E-state index contributed by atoms with van der Waals surface area (Å²) in [4.78, 5) is 38.2. The van der Waals surface area contributed by atoms with Crippen LogP contribution in [0.4, 0.5) is 0 Å². The molecule has 0 spiro atoms. The van der Waals surface area contributed by atoms with Gasteiger partial charge in [-0.15, -0.1) is 0 Å². The number of carbonyl (C=O) groups is 3. The lowest BCUT2D eigenvalue weighted by Gasteiger charge is -2.18. The van der Waals surface area contributed by atoms with Crippen LogP contribution in [0.5, 0.6) is 0 Å². The predicted molar refractivity (Wildman–Crippen MR) is 293 cm³/mol. The molecular weight excluding hydrogens is 841 g/mol. The fraction of sp³-hybridized carbons (Fsp3) is 0.855. The second-order valence-corrected chi connectivity index (χ2v) is 20.3. The molecule has 0 radical (unpaired) electrons. The fourth-order valence-corrected chi connectivity index (χ4v) is 8.82. The maximum Gasteiger partial charge on any atom is 0.306 e. The molecule has 1 unspecified atom stereocenters. The summed E-state index contributed by atoms with van der Waals surface area (Å²) < 4.78 is 16.9. The van der Waals surface area contributed by atoms with Crippen molar-refractivity contribution in [2.75, 3.05) is 13.2 Å². The van der Waals surface area contributed by atoms with E-state index in [0.717, 1.165) is 77.0 Å². The second kappa shape index (κ2) is 57.2. The molecule has 0 fully saturated rings. The highest BCUT2D eigenvalue weighted by molar-refractivity contribution is 5.71. The summed E-state index contributed by atoms with van der Waals surface area (Å²) in [6.07, 6.45) is 68.5. The van der Waals surface area contributed by atoms with Crippen LogP contribution in [0, 0.1) is 0 Å². The number of hydrogen-bond acceptors (Lipinski definition) is 6. The maximum absolute atomic E-state index is 12.9. The molecule has 0 aliphatic carbocycles. The minimum atomic E-state index is -0.777. The number of hydrogen-bond donors (Lipinski definition) is 0. The van der Waals surface area contributed by atoms with E-state index in [9.17, 15) is 14.4 Å². The highest BCUT2D eigenvalue weighted by atomic mass is 16.6. The summed E-state index contributed by atoms with van der Waals surface area (Å²) in [5.41, 5.74) is 0. The fourth-order valence-electron chi connectivity index (χ4n) is 8.82. The van der Waals surface area contributed by atoms with E-state index in [1.165, 1.54) is 205 Å². The lowest BCUT2D eigenvalue weighted by atomic mass is 10.0. The number of ether oxygens (including phenoxy) is 3. The Morgan fingerprint density at radius 3 is 0.838 bits per heavy atom. The van der Waals surface area contributed by atoms with E-state index in [0.29, 0.717) is 19.3 Å². The Morgan fingerprint density at radius 2 is 0.529 bits per heavy atom. The van der Waals surface area contributed by atoms with Crippen LogP contribution in [-0.4, -0.2) is 37.2 Å². The molecule has 398 valence electrons. The number of carbonyl (C=O) groups excluding carboxylic acids is 3. The van der Waals surface area contributed by atoms with Gasteiger partial charge in [0.1, 0.15) is 13.2 Å². The molecule has 0 aliphatic heterocycles. The Bertz CT molecular complexity index is 1140. The Balaban J connectivity index is 4.36. The monoisotopic (exact) mass is 955 g/mol. The van der Waals surface area contributed by atoms with Gasteiger partial charge in [0.15, 0.2) is 6.10 Å². The minimum Gasteiger partial charge on any atom is -0.462 e. The van der Waals surface area contributed by atoms with Crippen molar-refractivity contribution >= 4 is 17.9 Å². The van der Waals surface area contributed by atoms with Gasteiger partial charge in [-0.2, -0.15) is 0 Å². The topological polar surface area (TPSA) is 78.9 Å². The molecule has 0 N–H and O–H groups in total. The van der Waals surface area contributed by atoms with Crippen molar-refractivity contribution in [1.82, 2.24) is 0 Å². The van der Waals surface area contributed by atoms with Crippen LogP contribution in [-0.2, 0) is 28.6 Å². The lowest BCUT2D eigenvalue weighted by molar-refractivity contribution is -0.167. The first kappa shape index (κ1) is 65.6. The van der Waals surface area contributed by atoms with Crippen molar-refractivity contribution in [2.45, 2.75) is 329 Å². The lowest BCUT2D eigenvalue weighted by Crippen LogP contribution is -2.30. The molecule has 0 heterocycles. The highest BCUT2D eigenvalue weighted by Crippen LogP contribution is 2.17. The van der Waals surface area contributed by atoms with E-state index in [1.54, 1.807) is 0 Å². The summed E-state index contributed by atoms with van der Waals surface area (Å²) in [6, 6.07) is 0. The van der Waals surface area contributed by atoms with Crippen LogP contribution < -0.4 is 0 Å². The van der Waals surface area contributed by atoms with Crippen LogP contribution in [0.1, 0.15) is 323 Å². The molecule has 0 rings (SSSR count). The van der Waals surface area contributed by atoms with Crippen molar-refractivity contribution in [3.63, 3.8) is 0 Å². The van der Waals surface area contributed by atoms with Gasteiger partial charge < -0.3 is 14.2 Å². The Hall–Kier alpha value is -2.37. The molecule has 0 aliphatic rings. The second-order valence-electron chi connectivity index (χ2n) is 20.3. The summed E-state index contributed by atoms with van der Waals surface area (Å²) in [5.74, 6) is -0.873. The zero-order chi connectivity index (χ0) is 49.3. The van der Waals surface area contributed by atoms with E-state index < -0.39 is 6.10 Å². The Morgan fingerprint density at radius 1 is 0.294 bits per heavy atom. The largest absolute Gasteiger partial charge is 0.462 e. The molecular formula is C62H114O6. The Kier molecular flexibility index (Phi) is 55.2. The van der Waals surface area contributed by atoms with Crippen LogP contribution in [0.15, 0.2) is 36.5 Å².